The third-order valence-corrected chi connectivity index (χ3v) is 6.30. The summed E-state index contributed by atoms with van der Waals surface area (Å²) in [7, 11) is 0. The zero-order valence-electron chi connectivity index (χ0n) is 17.2. The molecule has 1 aromatic rings. The number of rotatable bonds is 5. The van der Waals surface area contributed by atoms with Crippen molar-refractivity contribution < 1.29 is 23.9 Å². The van der Waals surface area contributed by atoms with Gasteiger partial charge in [-0.15, -0.1) is 0 Å². The van der Waals surface area contributed by atoms with Crippen LogP contribution in [0.1, 0.15) is 44.2 Å². The van der Waals surface area contributed by atoms with Crippen molar-refractivity contribution in [1.29, 1.82) is 0 Å². The summed E-state index contributed by atoms with van der Waals surface area (Å²) < 4.78 is 5.29. The number of carbonyl (C=O) groups is 4. The minimum Gasteiger partial charge on any atom is -0.451 e. The normalized spacial score (nSPS) is 24.3. The predicted molar refractivity (Wildman–Crippen MR) is 109 cm³/mol. The van der Waals surface area contributed by atoms with Gasteiger partial charge in [0.05, 0.1) is 11.8 Å². The molecule has 7 nitrogen and oxygen atoms in total. The largest absolute Gasteiger partial charge is 0.451 e. The van der Waals surface area contributed by atoms with Gasteiger partial charge in [0, 0.05) is 5.69 Å². The molecule has 1 N–H and O–H groups in total. The number of allylic oxidation sites excluding steroid dienone is 2. The summed E-state index contributed by atoms with van der Waals surface area (Å²) in [5, 5.41) is 2.77. The van der Waals surface area contributed by atoms with E-state index in [1.165, 1.54) is 25.0 Å². The summed E-state index contributed by atoms with van der Waals surface area (Å²) in [6, 6.07) is 4.74. The smallest absolute Gasteiger partial charge is 0.329 e. The minimum atomic E-state index is -1.06. The first-order valence-electron chi connectivity index (χ1n) is 10.5. The molecule has 1 heterocycles. The highest BCUT2D eigenvalue weighted by atomic mass is 16.5. The Morgan fingerprint density at radius 2 is 1.67 bits per heavy atom. The molecule has 0 unspecified atom stereocenters. The van der Waals surface area contributed by atoms with E-state index in [4.69, 9.17) is 4.74 Å². The Morgan fingerprint density at radius 3 is 2.33 bits per heavy atom. The zero-order valence-corrected chi connectivity index (χ0v) is 17.2. The first-order chi connectivity index (χ1) is 14.4. The lowest BCUT2D eigenvalue weighted by atomic mass is 9.85. The van der Waals surface area contributed by atoms with E-state index in [9.17, 15) is 19.2 Å². The van der Waals surface area contributed by atoms with Gasteiger partial charge in [-0.2, -0.15) is 0 Å². The fourth-order valence-electron chi connectivity index (χ4n) is 4.53. The van der Waals surface area contributed by atoms with E-state index in [-0.39, 0.29) is 11.8 Å². The van der Waals surface area contributed by atoms with E-state index in [0.29, 0.717) is 18.5 Å². The second-order valence-corrected chi connectivity index (χ2v) is 8.28. The molecule has 4 atom stereocenters. The second kappa shape index (κ2) is 8.05. The number of aryl methyl sites for hydroxylation is 2. The van der Waals surface area contributed by atoms with Crippen LogP contribution in [0.3, 0.4) is 0 Å². The van der Waals surface area contributed by atoms with Crippen molar-refractivity contribution in [2.75, 3.05) is 5.32 Å². The lowest BCUT2D eigenvalue weighted by Gasteiger charge is -2.23. The standard InChI is InChI=1S/C23H26N2O5/c1-13(25-21(27)18-8-3-4-9-19(18)22(25)28)23(29)30-14(2)20(26)24-17-11-10-15-6-5-7-16(15)12-17/h3-4,10-14,18-19H,5-9H2,1-2H3,(H,24,26)/t13-,14-,18-,19+/m0/s1. The van der Waals surface area contributed by atoms with Gasteiger partial charge in [0.15, 0.2) is 6.10 Å². The Kier molecular flexibility index (Phi) is 5.45. The summed E-state index contributed by atoms with van der Waals surface area (Å²) >= 11 is 0. The summed E-state index contributed by atoms with van der Waals surface area (Å²) in [6.45, 7) is 2.94. The van der Waals surface area contributed by atoms with Crippen LogP contribution < -0.4 is 5.32 Å². The van der Waals surface area contributed by atoms with Gasteiger partial charge >= 0.3 is 5.97 Å². The van der Waals surface area contributed by atoms with Crippen LogP contribution in [0.5, 0.6) is 0 Å². The number of benzene rings is 1. The van der Waals surface area contributed by atoms with Crippen LogP contribution in [-0.4, -0.2) is 40.7 Å². The van der Waals surface area contributed by atoms with E-state index in [1.54, 1.807) is 0 Å². The van der Waals surface area contributed by atoms with Gasteiger partial charge in [0.25, 0.3) is 5.91 Å². The van der Waals surface area contributed by atoms with E-state index in [1.807, 2.05) is 30.4 Å². The Labute approximate surface area is 175 Å². The monoisotopic (exact) mass is 410 g/mol. The SMILES string of the molecule is C[C@H](OC(=O)[C@H](C)N1C(=O)[C@H]2CC=CC[C@H]2C1=O)C(=O)Nc1ccc2c(c1)CCC2. The first kappa shape index (κ1) is 20.3. The first-order valence-corrected chi connectivity index (χ1v) is 10.5. The highest BCUT2D eigenvalue weighted by Crippen LogP contribution is 2.36. The summed E-state index contributed by atoms with van der Waals surface area (Å²) in [4.78, 5) is 51.3. The predicted octanol–water partition coefficient (Wildman–Crippen LogP) is 2.39. The van der Waals surface area contributed by atoms with Crippen molar-refractivity contribution in [3.8, 4) is 0 Å². The number of nitrogens with one attached hydrogen (secondary N) is 1. The highest BCUT2D eigenvalue weighted by Gasteiger charge is 2.50. The molecule has 7 heteroatoms. The van der Waals surface area contributed by atoms with Crippen LogP contribution in [0.25, 0.3) is 0 Å². The molecule has 3 aliphatic rings. The molecular formula is C23H26N2O5. The summed E-state index contributed by atoms with van der Waals surface area (Å²) in [5.74, 6) is -2.70. The van der Waals surface area contributed by atoms with Gasteiger partial charge in [-0.05, 0) is 69.2 Å². The van der Waals surface area contributed by atoms with E-state index >= 15 is 0 Å². The molecule has 0 spiro atoms. The molecule has 1 saturated heterocycles. The molecule has 30 heavy (non-hydrogen) atoms. The molecule has 0 aromatic heterocycles. The molecular weight excluding hydrogens is 384 g/mol. The number of esters is 1. The average Bonchev–Trinajstić information content (AvgIpc) is 3.30. The van der Waals surface area contributed by atoms with Gasteiger partial charge in [-0.3, -0.25) is 19.3 Å². The lowest BCUT2D eigenvalue weighted by molar-refractivity contribution is -0.163. The Morgan fingerprint density at radius 1 is 1.03 bits per heavy atom. The molecule has 2 aliphatic carbocycles. The maximum absolute atomic E-state index is 12.6. The topological polar surface area (TPSA) is 92.8 Å². The number of ether oxygens (including phenoxy) is 1. The van der Waals surface area contributed by atoms with E-state index in [2.05, 4.69) is 5.32 Å². The van der Waals surface area contributed by atoms with Crippen molar-refractivity contribution >= 4 is 29.4 Å². The number of likely N-dealkylation sites (tertiary alicyclic amines) is 1. The van der Waals surface area contributed by atoms with Crippen molar-refractivity contribution in [2.45, 2.75) is 58.1 Å². The number of hydrogen-bond donors (Lipinski definition) is 1. The third-order valence-electron chi connectivity index (χ3n) is 6.30. The molecule has 158 valence electrons. The third kappa shape index (κ3) is 3.64. The van der Waals surface area contributed by atoms with Gasteiger partial charge < -0.3 is 10.1 Å². The Hall–Kier alpha value is -2.96. The number of fused-ring (bicyclic) bond motifs is 2. The van der Waals surface area contributed by atoms with E-state index in [0.717, 1.165) is 24.2 Å². The van der Waals surface area contributed by atoms with E-state index < -0.39 is 35.9 Å². The zero-order chi connectivity index (χ0) is 21.4. The van der Waals surface area contributed by atoms with Crippen molar-refractivity contribution in [3.05, 3.63) is 41.5 Å². The maximum atomic E-state index is 12.6. The molecule has 3 amide bonds. The Bertz CT molecular complexity index is 912. The van der Waals surface area contributed by atoms with Crippen LogP contribution >= 0.6 is 0 Å². The van der Waals surface area contributed by atoms with Gasteiger partial charge in [0.1, 0.15) is 6.04 Å². The second-order valence-electron chi connectivity index (χ2n) is 8.28. The molecule has 0 saturated carbocycles. The number of nitrogens with zero attached hydrogens (tertiary/aromatic N) is 1. The maximum Gasteiger partial charge on any atom is 0.329 e. The number of amides is 3. The summed E-state index contributed by atoms with van der Waals surface area (Å²) in [6.07, 6.45) is 6.92. The van der Waals surface area contributed by atoms with Gasteiger partial charge in [0.2, 0.25) is 11.8 Å². The van der Waals surface area contributed by atoms with Crippen molar-refractivity contribution in [2.24, 2.45) is 11.8 Å². The van der Waals surface area contributed by atoms with Crippen molar-refractivity contribution in [1.82, 2.24) is 4.90 Å². The molecule has 0 radical (unpaired) electrons. The van der Waals surface area contributed by atoms with Gasteiger partial charge in [-0.1, -0.05) is 18.2 Å². The molecule has 1 aliphatic heterocycles. The summed E-state index contributed by atoms with van der Waals surface area (Å²) in [5.41, 5.74) is 3.20. The van der Waals surface area contributed by atoms with Crippen LogP contribution in [0.4, 0.5) is 5.69 Å². The Balaban J connectivity index is 1.36. The highest BCUT2D eigenvalue weighted by molar-refractivity contribution is 6.08. The number of hydrogen-bond acceptors (Lipinski definition) is 5. The fourth-order valence-corrected chi connectivity index (χ4v) is 4.53. The quantitative estimate of drug-likeness (QED) is 0.457. The minimum absolute atomic E-state index is 0.339. The average molecular weight is 410 g/mol. The van der Waals surface area contributed by atoms with Gasteiger partial charge in [-0.25, -0.2) is 4.79 Å². The molecule has 1 fully saturated rings. The number of carbonyl (C=O) groups excluding carboxylic acids is 4. The van der Waals surface area contributed by atoms with Crippen LogP contribution in [0.2, 0.25) is 0 Å². The fraction of sp³-hybridized carbons (Fsp3) is 0.478. The number of anilines is 1. The van der Waals surface area contributed by atoms with Crippen molar-refractivity contribution in [3.63, 3.8) is 0 Å². The molecule has 0 bridgehead atoms. The van der Waals surface area contributed by atoms with Crippen LogP contribution in [0, 0.1) is 11.8 Å². The molecule has 4 rings (SSSR count). The van der Waals surface area contributed by atoms with Crippen LogP contribution in [-0.2, 0) is 36.8 Å². The molecule has 1 aromatic carbocycles. The number of imide groups is 1. The van der Waals surface area contributed by atoms with Crippen LogP contribution in [0.15, 0.2) is 30.4 Å². The lowest BCUT2D eigenvalue weighted by Crippen LogP contribution is -2.46.